The Morgan fingerprint density at radius 3 is 2.50 bits per heavy atom. The Hall–Kier alpha value is -3.37. The van der Waals surface area contributed by atoms with E-state index in [9.17, 15) is 9.59 Å². The number of rotatable bonds is 6. The number of piperidine rings is 1. The summed E-state index contributed by atoms with van der Waals surface area (Å²) in [5, 5.41) is 0. The molecule has 0 atom stereocenters. The summed E-state index contributed by atoms with van der Waals surface area (Å²) in [6, 6.07) is 11.9. The van der Waals surface area contributed by atoms with E-state index in [0.717, 1.165) is 36.5 Å². The predicted octanol–water partition coefficient (Wildman–Crippen LogP) is 4.06. The highest BCUT2D eigenvalue weighted by molar-refractivity contribution is 5.94. The Bertz CT molecular complexity index is 1230. The molecule has 0 aliphatic carbocycles. The monoisotopic (exact) mass is 550 g/mol. The Morgan fingerprint density at radius 2 is 1.85 bits per heavy atom. The zero-order valence-corrected chi connectivity index (χ0v) is 24.3. The number of likely N-dealkylation sites (tertiary alicyclic amines) is 1. The molecule has 2 N–H and O–H groups in total. The minimum atomic E-state index is -0.551. The van der Waals surface area contributed by atoms with Crippen LogP contribution in [-0.4, -0.2) is 77.9 Å². The number of aryl methyl sites for hydroxylation is 1. The molecule has 10 nitrogen and oxygen atoms in total. The van der Waals surface area contributed by atoms with Gasteiger partial charge in [0.15, 0.2) is 0 Å². The van der Waals surface area contributed by atoms with Gasteiger partial charge in [-0.3, -0.25) is 15.8 Å². The third-order valence-electron chi connectivity index (χ3n) is 8.18. The van der Waals surface area contributed by atoms with Crippen LogP contribution >= 0.6 is 0 Å². The number of carbonyl (C=O) groups excluding carboxylic acids is 2. The molecule has 3 amide bonds. The Kier molecular flexibility index (Phi) is 7.92. The molecule has 0 bridgehead atoms. The van der Waals surface area contributed by atoms with Crippen molar-refractivity contribution in [3.63, 3.8) is 0 Å². The number of hydrazine groups is 1. The van der Waals surface area contributed by atoms with Gasteiger partial charge in [0.25, 0.3) is 0 Å². The van der Waals surface area contributed by atoms with Gasteiger partial charge in [0, 0.05) is 44.3 Å². The van der Waals surface area contributed by atoms with Gasteiger partial charge in [-0.15, -0.1) is 0 Å². The smallest absolute Gasteiger partial charge is 0.410 e. The molecule has 0 unspecified atom stereocenters. The van der Waals surface area contributed by atoms with Crippen LogP contribution < -0.4 is 20.5 Å². The maximum atomic E-state index is 14.1. The molecule has 3 aliphatic rings. The van der Waals surface area contributed by atoms with Gasteiger partial charge in [-0.2, -0.15) is 0 Å². The van der Waals surface area contributed by atoms with Crippen LogP contribution in [0.4, 0.5) is 15.4 Å². The Morgan fingerprint density at radius 1 is 1.12 bits per heavy atom. The number of amides is 3. The minimum Gasteiger partial charge on any atom is -0.497 e. The average Bonchev–Trinajstić information content (AvgIpc) is 3.56. The van der Waals surface area contributed by atoms with Gasteiger partial charge in [0.1, 0.15) is 17.2 Å². The summed E-state index contributed by atoms with van der Waals surface area (Å²) in [7, 11) is 1.65. The molecule has 1 spiro atoms. The van der Waals surface area contributed by atoms with Crippen molar-refractivity contribution >= 4 is 17.9 Å². The van der Waals surface area contributed by atoms with Gasteiger partial charge in [-0.25, -0.2) is 14.6 Å². The summed E-state index contributed by atoms with van der Waals surface area (Å²) < 4.78 is 11.1. The first-order valence-electron chi connectivity index (χ1n) is 14.3. The lowest BCUT2D eigenvalue weighted by Crippen LogP contribution is -2.55. The van der Waals surface area contributed by atoms with E-state index in [4.69, 9.17) is 14.5 Å². The number of anilines is 1. The largest absolute Gasteiger partial charge is 0.497 e. The van der Waals surface area contributed by atoms with Gasteiger partial charge in [-0.05, 0) is 69.4 Å². The van der Waals surface area contributed by atoms with Crippen LogP contribution in [-0.2, 0) is 17.7 Å². The molecule has 3 fully saturated rings. The van der Waals surface area contributed by atoms with Crippen LogP contribution in [0.3, 0.4) is 0 Å². The second kappa shape index (κ2) is 11.2. The number of methoxy groups -OCH3 is 1. The number of nitrogens with zero attached hydrogens (tertiary/aromatic N) is 4. The number of aromatic nitrogens is 1. The first kappa shape index (κ1) is 28.2. The SMILES string of the molecule is CCc1nc(N2CC3(CCN(C(=O)OC(C)(C)C)CC3)N(Cc3cccc(OC)c3)C2=O)ccc1C1CNNC1. The lowest BCUT2D eigenvalue weighted by atomic mass is 9.86. The third-order valence-corrected chi connectivity index (χ3v) is 8.18. The Balaban J connectivity index is 1.42. The average molecular weight is 551 g/mol. The van der Waals surface area contributed by atoms with Crippen molar-refractivity contribution in [1.29, 1.82) is 0 Å². The van der Waals surface area contributed by atoms with Gasteiger partial charge in [0.05, 0.1) is 19.2 Å². The summed E-state index contributed by atoms with van der Waals surface area (Å²) in [5.74, 6) is 1.81. The van der Waals surface area contributed by atoms with Crippen LogP contribution in [0.15, 0.2) is 36.4 Å². The second-order valence-corrected chi connectivity index (χ2v) is 12.0. The molecule has 0 radical (unpaired) electrons. The van der Waals surface area contributed by atoms with Crippen LogP contribution in [0, 0.1) is 0 Å². The lowest BCUT2D eigenvalue weighted by Gasteiger charge is -2.43. The standard InChI is InChI=1S/C30H42N6O4/c1-6-25-24(22-17-31-32-18-22)10-11-26(33-25)35-20-30(12-14-34(15-13-30)28(38)40-29(2,3)4)36(27(35)37)19-21-8-7-9-23(16-21)39-5/h7-11,16,22,31-32H,6,12-15,17-20H2,1-5H3. The number of nitrogens with one attached hydrogen (secondary N) is 2. The lowest BCUT2D eigenvalue weighted by molar-refractivity contribution is 0.00785. The van der Waals surface area contributed by atoms with Crippen molar-refractivity contribution in [3.8, 4) is 5.75 Å². The first-order valence-corrected chi connectivity index (χ1v) is 14.3. The zero-order valence-electron chi connectivity index (χ0n) is 24.3. The second-order valence-electron chi connectivity index (χ2n) is 12.0. The minimum absolute atomic E-state index is 0.0555. The fraction of sp³-hybridized carbons (Fsp3) is 0.567. The molecular weight excluding hydrogens is 508 g/mol. The number of carbonyl (C=O) groups is 2. The molecule has 3 aliphatic heterocycles. The number of urea groups is 1. The van der Waals surface area contributed by atoms with E-state index < -0.39 is 11.1 Å². The van der Waals surface area contributed by atoms with Crippen molar-refractivity contribution in [3.05, 3.63) is 53.2 Å². The van der Waals surface area contributed by atoms with Crippen LogP contribution in [0.5, 0.6) is 5.75 Å². The fourth-order valence-electron chi connectivity index (χ4n) is 6.01. The summed E-state index contributed by atoms with van der Waals surface area (Å²) in [5.41, 5.74) is 8.69. The van der Waals surface area contributed by atoms with E-state index in [0.29, 0.717) is 50.8 Å². The molecule has 4 heterocycles. The van der Waals surface area contributed by atoms with Crippen molar-refractivity contribution in [2.24, 2.45) is 0 Å². The van der Waals surface area contributed by atoms with Crippen molar-refractivity contribution < 1.29 is 19.1 Å². The summed E-state index contributed by atoms with van der Waals surface area (Å²) in [6.07, 6.45) is 1.82. The number of hydrogen-bond acceptors (Lipinski definition) is 7. The van der Waals surface area contributed by atoms with E-state index in [1.165, 1.54) is 5.56 Å². The maximum Gasteiger partial charge on any atom is 0.410 e. The molecule has 216 valence electrons. The van der Waals surface area contributed by atoms with Crippen molar-refractivity contribution in [1.82, 2.24) is 25.6 Å². The zero-order chi connectivity index (χ0) is 28.5. The number of hydrogen-bond donors (Lipinski definition) is 2. The van der Waals surface area contributed by atoms with E-state index >= 15 is 0 Å². The van der Waals surface area contributed by atoms with Gasteiger partial charge in [0.2, 0.25) is 0 Å². The van der Waals surface area contributed by atoms with E-state index in [1.54, 1.807) is 12.0 Å². The highest BCUT2D eigenvalue weighted by Gasteiger charge is 2.52. The summed E-state index contributed by atoms with van der Waals surface area (Å²) >= 11 is 0. The topological polar surface area (TPSA) is 99.3 Å². The molecule has 1 aromatic carbocycles. The quantitative estimate of drug-likeness (QED) is 0.560. The number of pyridine rings is 1. The van der Waals surface area contributed by atoms with Gasteiger partial charge in [-0.1, -0.05) is 25.1 Å². The van der Waals surface area contributed by atoms with Crippen LogP contribution in [0.2, 0.25) is 0 Å². The maximum absolute atomic E-state index is 14.1. The number of benzene rings is 1. The van der Waals surface area contributed by atoms with E-state index in [-0.39, 0.29) is 12.1 Å². The fourth-order valence-corrected chi connectivity index (χ4v) is 6.01. The van der Waals surface area contributed by atoms with Crippen LogP contribution in [0.25, 0.3) is 0 Å². The van der Waals surface area contributed by atoms with E-state index in [1.807, 2.05) is 60.9 Å². The van der Waals surface area contributed by atoms with E-state index in [2.05, 4.69) is 23.8 Å². The van der Waals surface area contributed by atoms with Gasteiger partial charge >= 0.3 is 12.1 Å². The molecule has 40 heavy (non-hydrogen) atoms. The van der Waals surface area contributed by atoms with Crippen molar-refractivity contribution in [2.45, 2.75) is 70.6 Å². The molecule has 5 rings (SSSR count). The normalized spacial score (nSPS) is 19.5. The highest BCUT2D eigenvalue weighted by atomic mass is 16.6. The molecule has 10 heteroatoms. The highest BCUT2D eigenvalue weighted by Crippen LogP contribution is 2.40. The molecule has 0 saturated carbocycles. The van der Waals surface area contributed by atoms with Crippen molar-refractivity contribution in [2.75, 3.05) is 44.7 Å². The summed E-state index contributed by atoms with van der Waals surface area (Å²) in [6.45, 7) is 11.5. The molecule has 3 saturated heterocycles. The molecule has 1 aromatic heterocycles. The first-order chi connectivity index (χ1) is 19.1. The third kappa shape index (κ3) is 5.74. The molecular formula is C30H42N6O4. The van der Waals surface area contributed by atoms with Crippen LogP contribution in [0.1, 0.15) is 63.3 Å². The predicted molar refractivity (Wildman–Crippen MR) is 153 cm³/mol. The summed E-state index contributed by atoms with van der Waals surface area (Å²) in [4.78, 5) is 37.5. The number of ether oxygens (including phenoxy) is 2. The molecule has 2 aromatic rings. The van der Waals surface area contributed by atoms with Gasteiger partial charge < -0.3 is 19.3 Å². The Labute approximate surface area is 237 Å².